The first-order valence-electron chi connectivity index (χ1n) is 14.5. The summed E-state index contributed by atoms with van der Waals surface area (Å²) in [6.07, 6.45) is 2.33. The summed E-state index contributed by atoms with van der Waals surface area (Å²) in [5.41, 5.74) is 3.03. The van der Waals surface area contributed by atoms with Crippen LogP contribution in [0.1, 0.15) is 28.8 Å². The standard InChI is InChI=1S/C31H37ClN8O3/c1-33-28(41)26-20-39(19-18-37(26)2)29(42)21-5-11-24(12-6-21)34-30-35-27-25(4-3-15-40(27)36-30)38-16-13-31(43,14-17-38)22-7-9-23(32)10-8-22/h3-12,15,26,28,33,41,43H,13-14,16-20H2,1-2H3,(H,34,36). The van der Waals surface area contributed by atoms with Crippen LogP contribution in [0, 0.1) is 0 Å². The topological polar surface area (TPSA) is 121 Å². The normalized spacial score (nSPS) is 19.9. The van der Waals surface area contributed by atoms with E-state index in [2.05, 4.69) is 25.5 Å². The highest BCUT2D eigenvalue weighted by molar-refractivity contribution is 6.30. The zero-order valence-electron chi connectivity index (χ0n) is 24.3. The number of benzene rings is 2. The summed E-state index contributed by atoms with van der Waals surface area (Å²) in [7, 11) is 3.67. The van der Waals surface area contributed by atoms with Crippen molar-refractivity contribution in [3.05, 3.63) is 83.0 Å². The zero-order chi connectivity index (χ0) is 30.1. The molecule has 12 heteroatoms. The molecule has 2 fully saturated rings. The number of piperidine rings is 1. The second-order valence-electron chi connectivity index (χ2n) is 11.4. The quantitative estimate of drug-likeness (QED) is 0.236. The Hall–Kier alpha value is -3.74. The van der Waals surface area contributed by atoms with Crippen molar-refractivity contribution in [3.63, 3.8) is 0 Å². The Bertz CT molecular complexity index is 1570. The number of rotatable bonds is 7. The first-order valence-corrected chi connectivity index (χ1v) is 14.9. The molecule has 226 valence electrons. The van der Waals surface area contributed by atoms with Crippen LogP contribution in [0.25, 0.3) is 5.65 Å². The lowest BCUT2D eigenvalue weighted by molar-refractivity contribution is -0.00206. The average Bonchev–Trinajstić information content (AvgIpc) is 3.44. The summed E-state index contributed by atoms with van der Waals surface area (Å²) < 4.78 is 1.75. The minimum atomic E-state index is -0.889. The number of carbonyl (C=O) groups is 1. The summed E-state index contributed by atoms with van der Waals surface area (Å²) >= 11 is 6.04. The number of halogens is 1. The summed E-state index contributed by atoms with van der Waals surface area (Å²) in [5.74, 6) is 0.386. The number of hydrogen-bond acceptors (Lipinski definition) is 9. The average molecular weight is 605 g/mol. The second-order valence-corrected chi connectivity index (χ2v) is 11.8. The number of pyridine rings is 1. The predicted molar refractivity (Wildman–Crippen MR) is 167 cm³/mol. The van der Waals surface area contributed by atoms with Gasteiger partial charge in [0.1, 0.15) is 6.23 Å². The van der Waals surface area contributed by atoms with Gasteiger partial charge in [-0.1, -0.05) is 23.7 Å². The van der Waals surface area contributed by atoms with Crippen LogP contribution in [0.5, 0.6) is 0 Å². The van der Waals surface area contributed by atoms with Gasteiger partial charge in [0.2, 0.25) is 5.95 Å². The minimum absolute atomic E-state index is 0.0621. The van der Waals surface area contributed by atoms with Gasteiger partial charge in [0.25, 0.3) is 5.91 Å². The van der Waals surface area contributed by atoms with Crippen LogP contribution in [-0.4, -0.2) is 99.6 Å². The molecular weight excluding hydrogens is 568 g/mol. The van der Waals surface area contributed by atoms with Crippen molar-refractivity contribution in [3.8, 4) is 0 Å². The van der Waals surface area contributed by atoms with Gasteiger partial charge in [-0.25, -0.2) is 4.52 Å². The third-order valence-electron chi connectivity index (χ3n) is 8.69. The van der Waals surface area contributed by atoms with Gasteiger partial charge in [0.15, 0.2) is 5.65 Å². The SMILES string of the molecule is CNC(O)C1CN(C(=O)c2ccc(Nc3nc4c(N5CCC(O)(c6ccc(Cl)cc6)CC5)cccn4n3)cc2)CCN1C. The molecule has 2 aliphatic heterocycles. The maximum atomic E-state index is 13.2. The predicted octanol–water partition coefficient (Wildman–Crippen LogP) is 2.91. The van der Waals surface area contributed by atoms with Crippen LogP contribution in [0.15, 0.2) is 66.9 Å². The highest BCUT2D eigenvalue weighted by Crippen LogP contribution is 2.36. The maximum absolute atomic E-state index is 13.2. The molecule has 4 heterocycles. The number of aliphatic hydroxyl groups excluding tert-OH is 1. The van der Waals surface area contributed by atoms with Gasteiger partial charge in [-0.05, 0) is 81.0 Å². The number of nitrogens with zero attached hydrogens (tertiary/aromatic N) is 6. The molecule has 0 radical (unpaired) electrons. The number of amides is 1. The number of hydrogen-bond donors (Lipinski definition) is 4. The summed E-state index contributed by atoms with van der Waals surface area (Å²) in [5, 5.41) is 33.0. The fourth-order valence-corrected chi connectivity index (χ4v) is 6.11. The summed E-state index contributed by atoms with van der Waals surface area (Å²) in [6.45, 7) is 3.09. The van der Waals surface area contributed by atoms with Crippen molar-refractivity contribution >= 4 is 40.5 Å². The molecule has 0 spiro atoms. The molecule has 43 heavy (non-hydrogen) atoms. The molecule has 4 aromatic rings. The van der Waals surface area contributed by atoms with E-state index < -0.39 is 11.8 Å². The largest absolute Gasteiger partial charge is 0.385 e. The molecule has 2 aromatic carbocycles. The van der Waals surface area contributed by atoms with Gasteiger partial charge in [-0.2, -0.15) is 4.98 Å². The summed E-state index contributed by atoms with van der Waals surface area (Å²) in [4.78, 5) is 24.1. The number of aromatic nitrogens is 3. The number of carbonyl (C=O) groups excluding carboxylic acids is 1. The molecule has 2 unspecified atom stereocenters. The zero-order valence-corrected chi connectivity index (χ0v) is 25.1. The Kier molecular flexibility index (Phi) is 8.25. The highest BCUT2D eigenvalue weighted by atomic mass is 35.5. The Morgan fingerprint density at radius 1 is 1.05 bits per heavy atom. The smallest absolute Gasteiger partial charge is 0.253 e. The molecule has 2 aliphatic rings. The van der Waals surface area contributed by atoms with Gasteiger partial charge in [0, 0.05) is 55.2 Å². The Morgan fingerprint density at radius 2 is 1.77 bits per heavy atom. The van der Waals surface area contributed by atoms with Crippen LogP contribution < -0.4 is 15.5 Å². The fraction of sp³-hybridized carbons (Fsp3) is 0.387. The van der Waals surface area contributed by atoms with Crippen LogP contribution in [0.4, 0.5) is 17.3 Å². The van der Waals surface area contributed by atoms with Crippen molar-refractivity contribution in [1.29, 1.82) is 0 Å². The van der Waals surface area contributed by atoms with E-state index in [1.165, 1.54) is 0 Å². The third kappa shape index (κ3) is 6.04. The van der Waals surface area contributed by atoms with E-state index in [1.807, 2.05) is 61.8 Å². The van der Waals surface area contributed by atoms with E-state index in [9.17, 15) is 15.0 Å². The van der Waals surface area contributed by atoms with E-state index in [0.29, 0.717) is 62.1 Å². The van der Waals surface area contributed by atoms with Crippen LogP contribution in [0.2, 0.25) is 5.02 Å². The lowest BCUT2D eigenvalue weighted by atomic mass is 9.84. The number of aliphatic hydroxyl groups is 2. The first kappa shape index (κ1) is 29.3. The third-order valence-corrected chi connectivity index (χ3v) is 8.94. The molecule has 2 saturated heterocycles. The number of nitrogens with one attached hydrogen (secondary N) is 2. The van der Waals surface area contributed by atoms with E-state index in [1.54, 1.807) is 28.6 Å². The molecule has 11 nitrogen and oxygen atoms in total. The van der Waals surface area contributed by atoms with Gasteiger partial charge in [-0.15, -0.1) is 5.10 Å². The van der Waals surface area contributed by atoms with Crippen molar-refractivity contribution in [2.24, 2.45) is 0 Å². The van der Waals surface area contributed by atoms with E-state index in [4.69, 9.17) is 16.6 Å². The molecular formula is C31H37ClN8O3. The van der Waals surface area contributed by atoms with Crippen LogP contribution in [-0.2, 0) is 5.60 Å². The number of piperazine rings is 1. The van der Waals surface area contributed by atoms with Crippen molar-refractivity contribution in [1.82, 2.24) is 29.7 Å². The Labute approximate surface area is 255 Å². The molecule has 0 bridgehead atoms. The second kappa shape index (κ2) is 12.1. The monoisotopic (exact) mass is 604 g/mol. The van der Waals surface area contributed by atoms with Gasteiger partial charge in [0.05, 0.1) is 17.3 Å². The molecule has 6 rings (SSSR count). The van der Waals surface area contributed by atoms with E-state index in [0.717, 1.165) is 22.6 Å². The maximum Gasteiger partial charge on any atom is 0.253 e. The van der Waals surface area contributed by atoms with Crippen molar-refractivity contribution in [2.45, 2.75) is 30.7 Å². The molecule has 0 aliphatic carbocycles. The van der Waals surface area contributed by atoms with Crippen LogP contribution in [0.3, 0.4) is 0 Å². The molecule has 4 N–H and O–H groups in total. The Morgan fingerprint density at radius 3 is 2.47 bits per heavy atom. The molecule has 2 aromatic heterocycles. The highest BCUT2D eigenvalue weighted by Gasteiger charge is 2.35. The van der Waals surface area contributed by atoms with Gasteiger partial charge < -0.3 is 25.3 Å². The van der Waals surface area contributed by atoms with Crippen molar-refractivity contribution in [2.75, 3.05) is 57.0 Å². The Balaban J connectivity index is 1.12. The lowest BCUT2D eigenvalue weighted by Crippen LogP contribution is -2.60. The van der Waals surface area contributed by atoms with E-state index >= 15 is 0 Å². The van der Waals surface area contributed by atoms with Crippen molar-refractivity contribution < 1.29 is 15.0 Å². The molecule has 2 atom stereocenters. The first-order chi connectivity index (χ1) is 20.7. The summed E-state index contributed by atoms with van der Waals surface area (Å²) in [6, 6.07) is 18.5. The fourth-order valence-electron chi connectivity index (χ4n) is 5.98. The lowest BCUT2D eigenvalue weighted by Gasteiger charge is -2.41. The molecule has 1 amide bonds. The number of fused-ring (bicyclic) bond motifs is 1. The van der Waals surface area contributed by atoms with E-state index in [-0.39, 0.29) is 11.9 Å². The van der Waals surface area contributed by atoms with Gasteiger partial charge in [-0.3, -0.25) is 15.0 Å². The number of likely N-dealkylation sites (N-methyl/N-ethyl adjacent to an activating group) is 2. The minimum Gasteiger partial charge on any atom is -0.385 e. The number of anilines is 3. The molecule has 0 saturated carbocycles. The van der Waals surface area contributed by atoms with Crippen LogP contribution >= 0.6 is 11.6 Å². The van der Waals surface area contributed by atoms with Gasteiger partial charge >= 0.3 is 0 Å².